The molecule has 1 N–H and O–H groups in total. The first-order valence-corrected chi connectivity index (χ1v) is 9.62. The third kappa shape index (κ3) is 4.17. The minimum atomic E-state index is -3.87. The van der Waals surface area contributed by atoms with Gasteiger partial charge in [0.15, 0.2) is 5.82 Å². The van der Waals surface area contributed by atoms with E-state index in [1.807, 2.05) is 0 Å². The first-order valence-electron chi connectivity index (χ1n) is 7.76. The summed E-state index contributed by atoms with van der Waals surface area (Å²) in [4.78, 5) is 4.05. The Balaban J connectivity index is 1.62. The van der Waals surface area contributed by atoms with Crippen molar-refractivity contribution in [1.29, 1.82) is 0 Å². The Bertz CT molecular complexity index is 866. The fourth-order valence-corrected chi connectivity index (χ4v) is 4.11. The lowest BCUT2D eigenvalue weighted by Crippen LogP contribution is -2.26. The van der Waals surface area contributed by atoms with Gasteiger partial charge in [-0.05, 0) is 37.5 Å². The van der Waals surface area contributed by atoms with Crippen LogP contribution >= 0.6 is 11.6 Å². The van der Waals surface area contributed by atoms with E-state index in [0.29, 0.717) is 18.3 Å². The van der Waals surface area contributed by atoms with E-state index in [0.717, 1.165) is 18.9 Å². The predicted octanol–water partition coefficient (Wildman–Crippen LogP) is 2.54. The SMILES string of the molecule is Cc1cc(S(=O)(=O)NCCc2noc(C3CCCO3)n2)c(Cl)cc1F. The van der Waals surface area contributed by atoms with Crippen LogP contribution in [0.5, 0.6) is 0 Å². The van der Waals surface area contributed by atoms with Crippen LogP contribution in [0.2, 0.25) is 5.02 Å². The average molecular weight is 390 g/mol. The van der Waals surface area contributed by atoms with Crippen molar-refractivity contribution in [3.63, 3.8) is 0 Å². The molecule has 1 aliphatic heterocycles. The van der Waals surface area contributed by atoms with Gasteiger partial charge in [-0.25, -0.2) is 17.5 Å². The van der Waals surface area contributed by atoms with E-state index in [4.69, 9.17) is 20.9 Å². The molecule has 2 heterocycles. The smallest absolute Gasteiger partial charge is 0.255 e. The van der Waals surface area contributed by atoms with Crippen LogP contribution < -0.4 is 4.72 Å². The minimum absolute atomic E-state index is 0.0551. The molecule has 0 bridgehead atoms. The Morgan fingerprint density at radius 3 is 2.96 bits per heavy atom. The molecule has 0 aliphatic carbocycles. The molecule has 2 aromatic rings. The number of sulfonamides is 1. The molecule has 1 atom stereocenters. The van der Waals surface area contributed by atoms with Crippen LogP contribution in [-0.2, 0) is 21.2 Å². The van der Waals surface area contributed by atoms with Crippen molar-refractivity contribution in [3.8, 4) is 0 Å². The van der Waals surface area contributed by atoms with E-state index in [-0.39, 0.29) is 34.6 Å². The van der Waals surface area contributed by atoms with Crippen molar-refractivity contribution < 1.29 is 22.1 Å². The zero-order valence-electron chi connectivity index (χ0n) is 13.5. The Hall–Kier alpha value is -1.55. The van der Waals surface area contributed by atoms with Crippen LogP contribution in [0.1, 0.15) is 36.2 Å². The number of ether oxygens (including phenoxy) is 1. The molecule has 1 saturated heterocycles. The Morgan fingerprint density at radius 1 is 1.44 bits per heavy atom. The molecule has 1 aromatic carbocycles. The van der Waals surface area contributed by atoms with Crippen LogP contribution in [0.3, 0.4) is 0 Å². The standard InChI is InChI=1S/C15H17ClFN3O4S/c1-9-7-13(10(16)8-11(9)17)25(21,22)18-5-4-14-19-15(24-20-14)12-3-2-6-23-12/h7-8,12,18H,2-6H2,1H3. The molecule has 0 saturated carbocycles. The highest BCUT2D eigenvalue weighted by atomic mass is 35.5. The number of aryl methyl sites for hydroxylation is 1. The maximum absolute atomic E-state index is 13.4. The molecule has 0 spiro atoms. The van der Waals surface area contributed by atoms with Gasteiger partial charge in [-0.15, -0.1) is 0 Å². The molecule has 1 unspecified atom stereocenters. The fourth-order valence-electron chi connectivity index (χ4n) is 2.48. The van der Waals surface area contributed by atoms with Crippen LogP contribution in [0.25, 0.3) is 0 Å². The van der Waals surface area contributed by atoms with Gasteiger partial charge in [0.2, 0.25) is 10.0 Å². The van der Waals surface area contributed by atoms with E-state index >= 15 is 0 Å². The van der Waals surface area contributed by atoms with Crippen molar-refractivity contribution in [1.82, 2.24) is 14.9 Å². The van der Waals surface area contributed by atoms with Crippen molar-refractivity contribution >= 4 is 21.6 Å². The van der Waals surface area contributed by atoms with Gasteiger partial charge in [-0.2, -0.15) is 4.98 Å². The van der Waals surface area contributed by atoms with Gasteiger partial charge in [-0.1, -0.05) is 16.8 Å². The lowest BCUT2D eigenvalue weighted by Gasteiger charge is -2.09. The monoisotopic (exact) mass is 389 g/mol. The number of nitrogens with zero attached hydrogens (tertiary/aromatic N) is 2. The number of halogens is 2. The largest absolute Gasteiger partial charge is 0.368 e. The van der Waals surface area contributed by atoms with E-state index in [9.17, 15) is 12.8 Å². The van der Waals surface area contributed by atoms with Crippen molar-refractivity contribution in [3.05, 3.63) is 40.3 Å². The molecule has 0 amide bonds. The average Bonchev–Trinajstić information content (AvgIpc) is 3.21. The molecule has 25 heavy (non-hydrogen) atoms. The van der Waals surface area contributed by atoms with Crippen molar-refractivity contribution in [2.24, 2.45) is 0 Å². The molecule has 7 nitrogen and oxygen atoms in total. The second-order valence-corrected chi connectivity index (χ2v) is 7.87. The first-order chi connectivity index (χ1) is 11.9. The molecule has 1 aliphatic rings. The summed E-state index contributed by atoms with van der Waals surface area (Å²) in [7, 11) is -3.87. The summed E-state index contributed by atoms with van der Waals surface area (Å²) in [5.41, 5.74) is 0.198. The predicted molar refractivity (Wildman–Crippen MR) is 87.3 cm³/mol. The van der Waals surface area contributed by atoms with Gasteiger partial charge < -0.3 is 9.26 Å². The zero-order valence-corrected chi connectivity index (χ0v) is 15.0. The Labute approximate surface area is 149 Å². The summed E-state index contributed by atoms with van der Waals surface area (Å²) < 4.78 is 51.0. The van der Waals surface area contributed by atoms with E-state index in [1.54, 1.807) is 0 Å². The van der Waals surface area contributed by atoms with E-state index in [2.05, 4.69) is 14.9 Å². The first kappa shape index (κ1) is 18.2. The highest BCUT2D eigenvalue weighted by Gasteiger charge is 2.24. The summed E-state index contributed by atoms with van der Waals surface area (Å²) in [6.45, 7) is 2.19. The maximum Gasteiger partial charge on any atom is 0.255 e. The number of hydrogen-bond donors (Lipinski definition) is 1. The summed E-state index contributed by atoms with van der Waals surface area (Å²) >= 11 is 5.85. The van der Waals surface area contributed by atoms with Gasteiger partial charge in [0.25, 0.3) is 5.89 Å². The topological polar surface area (TPSA) is 94.3 Å². The second-order valence-electron chi connectivity index (χ2n) is 5.73. The Kier molecular flexibility index (Phi) is 5.38. The quantitative estimate of drug-likeness (QED) is 0.815. The van der Waals surface area contributed by atoms with E-state index in [1.165, 1.54) is 13.0 Å². The third-order valence-electron chi connectivity index (χ3n) is 3.83. The zero-order chi connectivity index (χ0) is 18.0. The molecule has 0 radical (unpaired) electrons. The number of benzene rings is 1. The molecule has 1 fully saturated rings. The molecule has 3 rings (SSSR count). The van der Waals surface area contributed by atoms with Gasteiger partial charge in [0.05, 0.1) is 5.02 Å². The molecule has 1 aromatic heterocycles. The van der Waals surface area contributed by atoms with Gasteiger partial charge in [0.1, 0.15) is 16.8 Å². The normalized spacial score (nSPS) is 18.0. The van der Waals surface area contributed by atoms with Crippen LogP contribution in [0.4, 0.5) is 4.39 Å². The summed E-state index contributed by atoms with van der Waals surface area (Å²) in [5.74, 6) is 0.236. The lowest BCUT2D eigenvalue weighted by molar-refractivity contribution is 0.0835. The number of aromatic nitrogens is 2. The number of hydrogen-bond acceptors (Lipinski definition) is 6. The highest BCUT2D eigenvalue weighted by molar-refractivity contribution is 7.89. The van der Waals surface area contributed by atoms with Gasteiger partial charge >= 0.3 is 0 Å². The van der Waals surface area contributed by atoms with E-state index < -0.39 is 15.8 Å². The molecule has 136 valence electrons. The number of nitrogens with one attached hydrogen (secondary N) is 1. The summed E-state index contributed by atoms with van der Waals surface area (Å²) in [6.07, 6.45) is 1.84. The second kappa shape index (κ2) is 7.36. The van der Waals surface area contributed by atoms with Crippen LogP contribution in [-0.4, -0.2) is 31.7 Å². The lowest BCUT2D eigenvalue weighted by atomic mass is 10.2. The van der Waals surface area contributed by atoms with Crippen LogP contribution in [0.15, 0.2) is 21.6 Å². The minimum Gasteiger partial charge on any atom is -0.368 e. The van der Waals surface area contributed by atoms with Gasteiger partial charge in [-0.3, -0.25) is 0 Å². The Morgan fingerprint density at radius 2 is 2.24 bits per heavy atom. The number of rotatable bonds is 6. The van der Waals surface area contributed by atoms with Gasteiger partial charge in [0, 0.05) is 19.6 Å². The maximum atomic E-state index is 13.4. The van der Waals surface area contributed by atoms with Crippen molar-refractivity contribution in [2.45, 2.75) is 37.2 Å². The molecular weight excluding hydrogens is 373 g/mol. The van der Waals surface area contributed by atoms with Crippen molar-refractivity contribution in [2.75, 3.05) is 13.2 Å². The highest BCUT2D eigenvalue weighted by Crippen LogP contribution is 2.27. The fraction of sp³-hybridized carbons (Fsp3) is 0.467. The summed E-state index contributed by atoms with van der Waals surface area (Å²) in [5, 5.41) is 3.65. The molecular formula is C15H17ClFN3O4S. The summed E-state index contributed by atoms with van der Waals surface area (Å²) in [6, 6.07) is 2.18. The third-order valence-corrected chi connectivity index (χ3v) is 5.76. The van der Waals surface area contributed by atoms with Crippen LogP contribution in [0, 0.1) is 12.7 Å². The molecule has 10 heteroatoms.